The lowest BCUT2D eigenvalue weighted by atomic mass is 10.0. The van der Waals surface area contributed by atoms with E-state index in [1.807, 2.05) is 13.0 Å². The van der Waals surface area contributed by atoms with Crippen molar-refractivity contribution in [1.82, 2.24) is 19.6 Å². The fourth-order valence-electron chi connectivity index (χ4n) is 4.10. The maximum Gasteiger partial charge on any atom is 0.204 e. The molecular formula is C25H37N5O2. The molecule has 0 spiro atoms. The molecule has 0 atom stereocenters. The second-order valence-corrected chi connectivity index (χ2v) is 9.00. The monoisotopic (exact) mass is 439 g/mol. The standard InChI is InChI=1S/C25H37N5O2/c1-6-7-11-19-15-22-21(16-23(19)32-5)27-24(25-29-28-18(4)30(22)25)26-13-10-8-9-12-20(31)14-17(2)3/h15-17H,6-14H2,1-5H3,(H,26,27). The van der Waals surface area contributed by atoms with Gasteiger partial charge in [0.1, 0.15) is 17.4 Å². The number of aromatic nitrogens is 4. The molecule has 0 saturated carbocycles. The Morgan fingerprint density at radius 2 is 1.97 bits per heavy atom. The molecule has 2 heterocycles. The van der Waals surface area contributed by atoms with Gasteiger partial charge in [0.05, 0.1) is 18.1 Å². The van der Waals surface area contributed by atoms with Crippen LogP contribution in [-0.4, -0.2) is 39.0 Å². The van der Waals surface area contributed by atoms with Crippen LogP contribution >= 0.6 is 0 Å². The van der Waals surface area contributed by atoms with Gasteiger partial charge in [-0.15, -0.1) is 10.2 Å². The van der Waals surface area contributed by atoms with E-state index in [-0.39, 0.29) is 0 Å². The number of methoxy groups -OCH3 is 1. The molecular weight excluding hydrogens is 402 g/mol. The molecule has 7 heteroatoms. The SMILES string of the molecule is CCCCc1cc2c(cc1OC)nc(NCCCCCC(=O)CC(C)C)c1nnc(C)n12. The molecule has 0 fully saturated rings. The number of carbonyl (C=O) groups excluding carboxylic acids is 1. The van der Waals surface area contributed by atoms with Crippen LogP contribution in [0.15, 0.2) is 12.1 Å². The van der Waals surface area contributed by atoms with Crippen molar-refractivity contribution in [2.24, 2.45) is 5.92 Å². The number of ether oxygens (including phenoxy) is 1. The third-order valence-electron chi connectivity index (χ3n) is 5.75. The van der Waals surface area contributed by atoms with E-state index in [0.29, 0.717) is 24.5 Å². The van der Waals surface area contributed by atoms with E-state index in [1.54, 1.807) is 7.11 Å². The van der Waals surface area contributed by atoms with Gasteiger partial charge in [0.2, 0.25) is 5.65 Å². The van der Waals surface area contributed by atoms with Crippen LogP contribution in [0.25, 0.3) is 16.7 Å². The van der Waals surface area contributed by atoms with Gasteiger partial charge in [0.15, 0.2) is 5.82 Å². The summed E-state index contributed by atoms with van der Waals surface area (Å²) in [5.41, 5.74) is 3.79. The molecule has 0 aliphatic heterocycles. The number of unbranched alkanes of at least 4 members (excludes halogenated alkanes) is 3. The molecule has 32 heavy (non-hydrogen) atoms. The van der Waals surface area contributed by atoms with Crippen LogP contribution in [0.4, 0.5) is 5.82 Å². The second-order valence-electron chi connectivity index (χ2n) is 9.00. The van der Waals surface area contributed by atoms with E-state index in [1.165, 1.54) is 5.56 Å². The van der Waals surface area contributed by atoms with Gasteiger partial charge < -0.3 is 10.1 Å². The molecule has 0 aliphatic carbocycles. The van der Waals surface area contributed by atoms with Crippen LogP contribution in [0.1, 0.15) is 77.1 Å². The Morgan fingerprint density at radius 3 is 2.69 bits per heavy atom. The van der Waals surface area contributed by atoms with Crippen molar-refractivity contribution in [1.29, 1.82) is 0 Å². The van der Waals surface area contributed by atoms with Crippen molar-refractivity contribution in [3.8, 4) is 5.75 Å². The number of aryl methyl sites for hydroxylation is 2. The molecule has 174 valence electrons. The zero-order chi connectivity index (χ0) is 23.1. The van der Waals surface area contributed by atoms with E-state index in [2.05, 4.69) is 46.8 Å². The number of hydrogen-bond acceptors (Lipinski definition) is 6. The number of hydrogen-bond donors (Lipinski definition) is 1. The first-order valence-corrected chi connectivity index (χ1v) is 11.9. The molecule has 0 bridgehead atoms. The summed E-state index contributed by atoms with van der Waals surface area (Å²) in [5.74, 6) is 3.26. The highest BCUT2D eigenvalue weighted by Crippen LogP contribution is 2.29. The topological polar surface area (TPSA) is 81.4 Å². The minimum absolute atomic E-state index is 0.372. The second kappa shape index (κ2) is 11.2. The predicted octanol–water partition coefficient (Wildman–Crippen LogP) is 5.52. The zero-order valence-electron chi connectivity index (χ0n) is 20.2. The summed E-state index contributed by atoms with van der Waals surface area (Å²) >= 11 is 0. The summed E-state index contributed by atoms with van der Waals surface area (Å²) in [6, 6.07) is 4.18. The predicted molar refractivity (Wildman–Crippen MR) is 130 cm³/mol. The Balaban J connectivity index is 1.74. The van der Waals surface area contributed by atoms with E-state index in [0.717, 1.165) is 79.1 Å². The molecule has 0 radical (unpaired) electrons. The number of rotatable bonds is 13. The number of fused-ring (bicyclic) bond motifs is 3. The number of nitrogens with one attached hydrogen (secondary N) is 1. The highest BCUT2D eigenvalue weighted by Gasteiger charge is 2.16. The van der Waals surface area contributed by atoms with E-state index >= 15 is 0 Å². The lowest BCUT2D eigenvalue weighted by molar-refractivity contribution is -0.119. The summed E-state index contributed by atoms with van der Waals surface area (Å²) < 4.78 is 7.73. The van der Waals surface area contributed by atoms with Crippen LogP contribution in [0, 0.1) is 12.8 Å². The van der Waals surface area contributed by atoms with Gasteiger partial charge in [-0.05, 0) is 50.2 Å². The number of anilines is 1. The maximum absolute atomic E-state index is 11.9. The summed E-state index contributed by atoms with van der Waals surface area (Å²) in [7, 11) is 1.71. The van der Waals surface area contributed by atoms with Crippen molar-refractivity contribution < 1.29 is 9.53 Å². The third kappa shape index (κ3) is 5.75. The molecule has 1 N–H and O–H groups in total. The van der Waals surface area contributed by atoms with E-state index in [4.69, 9.17) is 9.72 Å². The molecule has 0 amide bonds. The normalized spacial score (nSPS) is 11.6. The molecule has 1 aromatic carbocycles. The fraction of sp³-hybridized carbons (Fsp3) is 0.600. The van der Waals surface area contributed by atoms with E-state index in [9.17, 15) is 4.79 Å². The molecule has 2 aromatic heterocycles. The number of nitrogens with zero attached hydrogens (tertiary/aromatic N) is 4. The molecule has 7 nitrogen and oxygen atoms in total. The Hall–Kier alpha value is -2.70. The van der Waals surface area contributed by atoms with E-state index < -0.39 is 0 Å². The average Bonchev–Trinajstić information content (AvgIpc) is 3.15. The zero-order valence-corrected chi connectivity index (χ0v) is 20.2. The number of Topliss-reactive ketones (excluding diaryl/α,β-unsaturated/α-hetero) is 1. The van der Waals surface area contributed by atoms with Crippen molar-refractivity contribution in [2.45, 2.75) is 79.1 Å². The number of carbonyl (C=O) groups is 1. The van der Waals surface area contributed by atoms with Gasteiger partial charge in [-0.2, -0.15) is 0 Å². The first-order valence-electron chi connectivity index (χ1n) is 11.9. The van der Waals surface area contributed by atoms with Crippen LogP contribution in [0.3, 0.4) is 0 Å². The number of benzene rings is 1. The van der Waals surface area contributed by atoms with Gasteiger partial charge >= 0.3 is 0 Å². The minimum atomic E-state index is 0.372. The lowest BCUT2D eigenvalue weighted by Crippen LogP contribution is -2.08. The molecule has 3 aromatic rings. The molecule has 0 unspecified atom stereocenters. The van der Waals surface area contributed by atoms with Crippen LogP contribution in [0.5, 0.6) is 5.75 Å². The van der Waals surface area contributed by atoms with Crippen LogP contribution in [0.2, 0.25) is 0 Å². The van der Waals surface area contributed by atoms with Gasteiger partial charge in [-0.3, -0.25) is 9.20 Å². The summed E-state index contributed by atoms with van der Waals surface area (Å²) in [5, 5.41) is 12.1. The Bertz CT molecular complexity index is 1060. The average molecular weight is 440 g/mol. The third-order valence-corrected chi connectivity index (χ3v) is 5.75. The molecule has 3 rings (SSSR count). The van der Waals surface area contributed by atoms with Crippen LogP contribution < -0.4 is 10.1 Å². The van der Waals surface area contributed by atoms with Crippen molar-refractivity contribution in [2.75, 3.05) is 19.0 Å². The Morgan fingerprint density at radius 1 is 1.16 bits per heavy atom. The van der Waals surface area contributed by atoms with Gasteiger partial charge in [-0.1, -0.05) is 33.6 Å². The first-order chi connectivity index (χ1) is 15.4. The fourth-order valence-corrected chi connectivity index (χ4v) is 4.10. The van der Waals surface area contributed by atoms with Gasteiger partial charge in [0.25, 0.3) is 0 Å². The quantitative estimate of drug-likeness (QED) is 0.353. The van der Waals surface area contributed by atoms with Crippen molar-refractivity contribution in [3.05, 3.63) is 23.5 Å². The molecule has 0 aliphatic rings. The van der Waals surface area contributed by atoms with Crippen molar-refractivity contribution in [3.63, 3.8) is 0 Å². The lowest BCUT2D eigenvalue weighted by Gasteiger charge is -2.13. The highest BCUT2D eigenvalue weighted by molar-refractivity contribution is 5.85. The number of ketones is 1. The molecule has 0 saturated heterocycles. The summed E-state index contributed by atoms with van der Waals surface area (Å²) in [6.45, 7) is 9.12. The summed E-state index contributed by atoms with van der Waals surface area (Å²) in [6.07, 6.45) is 7.52. The Kier molecular flexibility index (Phi) is 8.42. The highest BCUT2D eigenvalue weighted by atomic mass is 16.5. The minimum Gasteiger partial charge on any atom is -0.496 e. The Labute approximate surface area is 191 Å². The van der Waals surface area contributed by atoms with Gasteiger partial charge in [0, 0.05) is 25.5 Å². The smallest absolute Gasteiger partial charge is 0.204 e. The summed E-state index contributed by atoms with van der Waals surface area (Å²) in [4.78, 5) is 16.7. The van der Waals surface area contributed by atoms with Crippen LogP contribution in [-0.2, 0) is 11.2 Å². The largest absolute Gasteiger partial charge is 0.496 e. The maximum atomic E-state index is 11.9. The van der Waals surface area contributed by atoms with Crippen molar-refractivity contribution >= 4 is 28.3 Å². The first kappa shape index (κ1) is 24.0. The van der Waals surface area contributed by atoms with Gasteiger partial charge in [-0.25, -0.2) is 4.98 Å².